The molecule has 0 saturated heterocycles. The van der Waals surface area contributed by atoms with Gasteiger partial charge in [-0.15, -0.1) is 0 Å². The van der Waals surface area contributed by atoms with Gasteiger partial charge >= 0.3 is 0 Å². The normalized spacial score (nSPS) is 11.6. The minimum Gasteiger partial charge on any atom is -0.330 e. The van der Waals surface area contributed by atoms with Crippen molar-refractivity contribution in [3.05, 3.63) is 29.6 Å². The van der Waals surface area contributed by atoms with E-state index in [1.807, 2.05) is 0 Å². The average Bonchev–Trinajstić information content (AvgIpc) is 2.53. The van der Waals surface area contributed by atoms with Crippen LogP contribution in [-0.2, 0) is 6.42 Å². The van der Waals surface area contributed by atoms with Crippen LogP contribution in [0, 0.1) is 6.92 Å². The van der Waals surface area contributed by atoms with E-state index in [1.165, 1.54) is 11.1 Å². The van der Waals surface area contributed by atoms with Crippen molar-refractivity contribution in [3.8, 4) is 0 Å². The van der Waals surface area contributed by atoms with Crippen molar-refractivity contribution in [3.63, 3.8) is 0 Å². The van der Waals surface area contributed by atoms with Crippen molar-refractivity contribution in [2.24, 2.45) is 5.73 Å². The topological polar surface area (TPSA) is 43.8 Å². The Labute approximate surface area is 96.3 Å². The zero-order valence-corrected chi connectivity index (χ0v) is 10.2. The lowest BCUT2D eigenvalue weighted by Gasteiger charge is -2.10. The van der Waals surface area contributed by atoms with Crippen LogP contribution in [-0.4, -0.2) is 16.1 Å². The summed E-state index contributed by atoms with van der Waals surface area (Å²) < 4.78 is 2.27. The van der Waals surface area contributed by atoms with Gasteiger partial charge in [-0.3, -0.25) is 0 Å². The predicted octanol–water partition coefficient (Wildman–Crippen LogP) is 2.43. The lowest BCUT2D eigenvalue weighted by atomic mass is 10.1. The van der Waals surface area contributed by atoms with E-state index in [-0.39, 0.29) is 0 Å². The monoisotopic (exact) mass is 217 g/mol. The molecule has 0 aliphatic carbocycles. The first-order chi connectivity index (χ1) is 7.63. The molecule has 3 nitrogen and oxygen atoms in total. The largest absolute Gasteiger partial charge is 0.330 e. The first-order valence-electron chi connectivity index (χ1n) is 5.81. The molecular formula is C13H19N3. The summed E-state index contributed by atoms with van der Waals surface area (Å²) in [7, 11) is 0. The highest BCUT2D eigenvalue weighted by Crippen LogP contribution is 2.21. The van der Waals surface area contributed by atoms with Crippen LogP contribution in [0.25, 0.3) is 11.0 Å². The van der Waals surface area contributed by atoms with Crippen molar-refractivity contribution in [1.82, 2.24) is 9.55 Å². The van der Waals surface area contributed by atoms with Gasteiger partial charge in [0.15, 0.2) is 0 Å². The van der Waals surface area contributed by atoms with Gasteiger partial charge in [0.2, 0.25) is 0 Å². The van der Waals surface area contributed by atoms with E-state index in [0.29, 0.717) is 12.6 Å². The Kier molecular flexibility index (Phi) is 2.97. The molecule has 1 aromatic carbocycles. The lowest BCUT2D eigenvalue weighted by molar-refractivity contribution is 0.600. The highest BCUT2D eigenvalue weighted by atomic mass is 15.1. The SMILES string of the molecule is Cc1nc2cc(CCN)ccc2n1C(C)C. The van der Waals surface area contributed by atoms with Crippen LogP contribution in [0.15, 0.2) is 18.2 Å². The van der Waals surface area contributed by atoms with Crippen LogP contribution in [0.4, 0.5) is 0 Å². The first-order valence-corrected chi connectivity index (χ1v) is 5.81. The van der Waals surface area contributed by atoms with E-state index in [0.717, 1.165) is 17.8 Å². The highest BCUT2D eigenvalue weighted by Gasteiger charge is 2.09. The number of aryl methyl sites for hydroxylation is 1. The van der Waals surface area contributed by atoms with Crippen LogP contribution in [0.5, 0.6) is 0 Å². The molecule has 0 aliphatic rings. The molecule has 2 rings (SSSR count). The summed E-state index contributed by atoms with van der Waals surface area (Å²) in [6.07, 6.45) is 0.920. The molecular weight excluding hydrogens is 198 g/mol. The van der Waals surface area contributed by atoms with Gasteiger partial charge in [0, 0.05) is 6.04 Å². The Balaban J connectivity index is 2.56. The van der Waals surface area contributed by atoms with E-state index in [9.17, 15) is 0 Å². The molecule has 1 heterocycles. The van der Waals surface area contributed by atoms with E-state index >= 15 is 0 Å². The standard InChI is InChI=1S/C13H19N3/c1-9(2)16-10(3)15-12-8-11(6-7-14)4-5-13(12)16/h4-5,8-9H,6-7,14H2,1-3H3. The average molecular weight is 217 g/mol. The Morgan fingerprint density at radius 3 is 2.75 bits per heavy atom. The van der Waals surface area contributed by atoms with Gasteiger partial charge in [0.25, 0.3) is 0 Å². The molecule has 0 radical (unpaired) electrons. The molecule has 1 aromatic heterocycles. The number of fused-ring (bicyclic) bond motifs is 1. The van der Waals surface area contributed by atoms with Crippen LogP contribution >= 0.6 is 0 Å². The van der Waals surface area contributed by atoms with E-state index in [1.54, 1.807) is 0 Å². The maximum absolute atomic E-state index is 5.56. The number of rotatable bonds is 3. The second-order valence-corrected chi connectivity index (χ2v) is 4.48. The van der Waals surface area contributed by atoms with Crippen molar-refractivity contribution < 1.29 is 0 Å². The van der Waals surface area contributed by atoms with Crippen LogP contribution < -0.4 is 5.73 Å². The third-order valence-electron chi connectivity index (χ3n) is 2.88. The van der Waals surface area contributed by atoms with Crippen molar-refractivity contribution in [2.75, 3.05) is 6.54 Å². The van der Waals surface area contributed by atoms with Gasteiger partial charge in [0.05, 0.1) is 11.0 Å². The molecule has 86 valence electrons. The molecule has 2 aromatic rings. The van der Waals surface area contributed by atoms with Crippen molar-refractivity contribution >= 4 is 11.0 Å². The fourth-order valence-corrected chi connectivity index (χ4v) is 2.24. The molecule has 0 amide bonds. The number of imidazole rings is 1. The second kappa shape index (κ2) is 4.26. The molecule has 0 aliphatic heterocycles. The minimum atomic E-state index is 0.449. The number of benzene rings is 1. The van der Waals surface area contributed by atoms with Crippen LogP contribution in [0.2, 0.25) is 0 Å². The predicted molar refractivity (Wildman–Crippen MR) is 67.6 cm³/mol. The van der Waals surface area contributed by atoms with Gasteiger partial charge in [-0.2, -0.15) is 0 Å². The maximum atomic E-state index is 5.56. The van der Waals surface area contributed by atoms with Gasteiger partial charge in [-0.1, -0.05) is 6.07 Å². The number of aromatic nitrogens is 2. The quantitative estimate of drug-likeness (QED) is 0.858. The fraction of sp³-hybridized carbons (Fsp3) is 0.462. The molecule has 2 N–H and O–H groups in total. The van der Waals surface area contributed by atoms with E-state index in [4.69, 9.17) is 5.73 Å². The Morgan fingerprint density at radius 2 is 2.12 bits per heavy atom. The summed E-state index contributed by atoms with van der Waals surface area (Å²) in [4.78, 5) is 4.60. The fourth-order valence-electron chi connectivity index (χ4n) is 2.24. The zero-order valence-electron chi connectivity index (χ0n) is 10.2. The zero-order chi connectivity index (χ0) is 11.7. The Bertz CT molecular complexity index is 497. The van der Waals surface area contributed by atoms with Crippen LogP contribution in [0.1, 0.15) is 31.3 Å². The summed E-state index contributed by atoms with van der Waals surface area (Å²) in [6, 6.07) is 6.90. The molecule has 0 spiro atoms. The van der Waals surface area contributed by atoms with Crippen molar-refractivity contribution in [1.29, 1.82) is 0 Å². The molecule has 0 bridgehead atoms. The number of nitrogens with two attached hydrogens (primary N) is 1. The third-order valence-corrected chi connectivity index (χ3v) is 2.88. The summed E-state index contributed by atoms with van der Waals surface area (Å²) in [6.45, 7) is 7.11. The van der Waals surface area contributed by atoms with Gasteiger partial charge in [0.1, 0.15) is 5.82 Å². The maximum Gasteiger partial charge on any atom is 0.106 e. The molecule has 0 unspecified atom stereocenters. The van der Waals surface area contributed by atoms with Crippen molar-refractivity contribution in [2.45, 2.75) is 33.2 Å². The smallest absolute Gasteiger partial charge is 0.106 e. The molecule has 0 fully saturated rings. The summed E-state index contributed by atoms with van der Waals surface area (Å²) >= 11 is 0. The van der Waals surface area contributed by atoms with E-state index < -0.39 is 0 Å². The molecule has 3 heteroatoms. The molecule has 16 heavy (non-hydrogen) atoms. The Hall–Kier alpha value is -1.35. The number of hydrogen-bond donors (Lipinski definition) is 1. The van der Waals surface area contributed by atoms with E-state index in [2.05, 4.69) is 48.5 Å². The number of hydrogen-bond acceptors (Lipinski definition) is 2. The Morgan fingerprint density at radius 1 is 1.38 bits per heavy atom. The van der Waals surface area contributed by atoms with Gasteiger partial charge in [-0.05, 0) is 51.4 Å². The lowest BCUT2D eigenvalue weighted by Crippen LogP contribution is -2.03. The summed E-state index contributed by atoms with van der Waals surface area (Å²) in [5.41, 5.74) is 9.13. The van der Waals surface area contributed by atoms with Crippen LogP contribution in [0.3, 0.4) is 0 Å². The first kappa shape index (κ1) is 11.1. The summed E-state index contributed by atoms with van der Waals surface area (Å²) in [5, 5.41) is 0. The third kappa shape index (κ3) is 1.83. The minimum absolute atomic E-state index is 0.449. The summed E-state index contributed by atoms with van der Waals surface area (Å²) in [5.74, 6) is 1.08. The van der Waals surface area contributed by atoms with Gasteiger partial charge in [-0.25, -0.2) is 4.98 Å². The second-order valence-electron chi connectivity index (χ2n) is 4.48. The number of nitrogens with zero attached hydrogens (tertiary/aromatic N) is 2. The molecule has 0 saturated carbocycles. The molecule has 0 atom stereocenters. The van der Waals surface area contributed by atoms with Gasteiger partial charge < -0.3 is 10.3 Å². The highest BCUT2D eigenvalue weighted by molar-refractivity contribution is 5.77.